The highest BCUT2D eigenvalue weighted by molar-refractivity contribution is 7.89. The van der Waals surface area contributed by atoms with Gasteiger partial charge in [0.2, 0.25) is 5.91 Å². The van der Waals surface area contributed by atoms with Gasteiger partial charge >= 0.3 is 15.5 Å². The van der Waals surface area contributed by atoms with Gasteiger partial charge in [0.25, 0.3) is 0 Å². The highest BCUT2D eigenvalue weighted by Crippen LogP contribution is 2.24. The molecule has 13 heavy (non-hydrogen) atoms. The molecule has 0 fully saturated rings. The van der Waals surface area contributed by atoms with Crippen LogP contribution < -0.4 is 5.43 Å². The molecule has 0 aromatic carbocycles. The molecule has 1 N–H and O–H groups in total. The van der Waals surface area contributed by atoms with E-state index in [4.69, 9.17) is 0 Å². The summed E-state index contributed by atoms with van der Waals surface area (Å²) in [5, 5.41) is 0. The smallest absolute Gasteiger partial charge is 0.276 e. The van der Waals surface area contributed by atoms with E-state index in [-0.39, 0.29) is 4.41 Å². The molecule has 5 nitrogen and oxygen atoms in total. The van der Waals surface area contributed by atoms with Crippen molar-refractivity contribution in [2.45, 2.75) is 12.4 Å². The van der Waals surface area contributed by atoms with Gasteiger partial charge in [0, 0.05) is 14.0 Å². The Morgan fingerprint density at radius 1 is 1.38 bits per heavy atom. The minimum atomic E-state index is -5.47. The molecule has 9 heteroatoms. The van der Waals surface area contributed by atoms with Crippen molar-refractivity contribution in [3.05, 3.63) is 0 Å². The third-order valence-corrected chi connectivity index (χ3v) is 2.37. The SMILES string of the molecule is CC(=O)NN(C)S(=O)(=O)C(F)(F)F. The molecule has 0 rings (SSSR count). The molecule has 0 aliphatic rings. The Morgan fingerprint density at radius 2 is 1.77 bits per heavy atom. The van der Waals surface area contributed by atoms with E-state index < -0.39 is 21.4 Å². The van der Waals surface area contributed by atoms with Gasteiger partial charge in [-0.05, 0) is 0 Å². The van der Waals surface area contributed by atoms with E-state index >= 15 is 0 Å². The summed E-state index contributed by atoms with van der Waals surface area (Å²) in [5.74, 6) is -0.907. The number of carbonyl (C=O) groups excluding carboxylic acids is 1. The highest BCUT2D eigenvalue weighted by Gasteiger charge is 2.49. The molecule has 78 valence electrons. The molecule has 0 saturated carbocycles. The number of rotatable bonds is 2. The van der Waals surface area contributed by atoms with Crippen molar-refractivity contribution >= 4 is 15.9 Å². The Labute approximate surface area is 72.5 Å². The second-order valence-electron chi connectivity index (χ2n) is 2.09. The first kappa shape index (κ1) is 12.2. The molecule has 0 aliphatic carbocycles. The lowest BCUT2D eigenvalue weighted by molar-refractivity contribution is -0.121. The van der Waals surface area contributed by atoms with Gasteiger partial charge in [-0.3, -0.25) is 10.2 Å². The van der Waals surface area contributed by atoms with E-state index in [9.17, 15) is 26.4 Å². The average Bonchev–Trinajstić information content (AvgIpc) is 1.82. The van der Waals surface area contributed by atoms with Crippen molar-refractivity contribution < 1.29 is 26.4 Å². The summed E-state index contributed by atoms with van der Waals surface area (Å²) in [7, 11) is -4.88. The van der Waals surface area contributed by atoms with Crippen LogP contribution in [0.15, 0.2) is 0 Å². The van der Waals surface area contributed by atoms with E-state index in [1.54, 1.807) is 0 Å². The van der Waals surface area contributed by atoms with Gasteiger partial charge in [0.05, 0.1) is 0 Å². The van der Waals surface area contributed by atoms with Gasteiger partial charge in [0.1, 0.15) is 0 Å². The zero-order valence-electron chi connectivity index (χ0n) is 6.71. The van der Waals surface area contributed by atoms with Crippen LogP contribution in [0.4, 0.5) is 13.2 Å². The first-order valence-corrected chi connectivity index (χ1v) is 4.35. The number of nitrogens with zero attached hydrogens (tertiary/aromatic N) is 1. The van der Waals surface area contributed by atoms with Gasteiger partial charge in [-0.1, -0.05) is 0 Å². The molecule has 0 aromatic rings. The molecule has 1 amide bonds. The summed E-state index contributed by atoms with van der Waals surface area (Å²) < 4.78 is 55.9. The molecular formula is C4H7F3N2O3S. The Hall–Kier alpha value is -0.830. The van der Waals surface area contributed by atoms with Crippen molar-refractivity contribution in [3.8, 4) is 0 Å². The van der Waals surface area contributed by atoms with Crippen LogP contribution in [-0.4, -0.2) is 31.3 Å². The second kappa shape index (κ2) is 3.50. The van der Waals surface area contributed by atoms with Crippen molar-refractivity contribution in [3.63, 3.8) is 0 Å². The first-order chi connectivity index (χ1) is 5.59. The number of amides is 1. The van der Waals surface area contributed by atoms with Gasteiger partial charge in [0.15, 0.2) is 0 Å². The second-order valence-corrected chi connectivity index (χ2v) is 4.05. The fourth-order valence-corrected chi connectivity index (χ4v) is 0.996. The maximum absolute atomic E-state index is 11.8. The number of carbonyl (C=O) groups is 1. The van der Waals surface area contributed by atoms with Crippen LogP contribution in [0.5, 0.6) is 0 Å². The third-order valence-electron chi connectivity index (χ3n) is 0.968. The molecule has 0 aromatic heterocycles. The van der Waals surface area contributed by atoms with Crippen molar-refractivity contribution in [1.82, 2.24) is 9.84 Å². The summed E-state index contributed by atoms with van der Waals surface area (Å²) in [5.41, 5.74) is -3.94. The number of sulfonamides is 1. The fourth-order valence-electron chi connectivity index (χ4n) is 0.437. The maximum Gasteiger partial charge on any atom is 0.513 e. The topological polar surface area (TPSA) is 66.5 Å². The summed E-state index contributed by atoms with van der Waals surface area (Å²) in [4.78, 5) is 10.2. The van der Waals surface area contributed by atoms with Crippen LogP contribution in [0.3, 0.4) is 0 Å². The van der Waals surface area contributed by atoms with E-state index in [0.717, 1.165) is 6.92 Å². The summed E-state index contributed by atoms with van der Waals surface area (Å²) in [6, 6.07) is 0. The number of nitrogens with one attached hydrogen (secondary N) is 1. The van der Waals surface area contributed by atoms with Crippen molar-refractivity contribution in [2.75, 3.05) is 7.05 Å². The van der Waals surface area contributed by atoms with Crippen LogP contribution in [0.2, 0.25) is 0 Å². The van der Waals surface area contributed by atoms with E-state index in [1.165, 1.54) is 5.43 Å². The quantitative estimate of drug-likeness (QED) is 0.656. The Morgan fingerprint density at radius 3 is 2.00 bits per heavy atom. The molecule has 0 aliphatic heterocycles. The van der Waals surface area contributed by atoms with E-state index in [0.29, 0.717) is 7.05 Å². The first-order valence-electron chi connectivity index (χ1n) is 2.91. The van der Waals surface area contributed by atoms with Gasteiger partial charge < -0.3 is 0 Å². The predicted molar refractivity (Wildman–Crippen MR) is 36.6 cm³/mol. The van der Waals surface area contributed by atoms with Crippen LogP contribution in [-0.2, 0) is 14.8 Å². The summed E-state index contributed by atoms with van der Waals surface area (Å²) in [6.45, 7) is 0.891. The number of halogens is 3. The van der Waals surface area contributed by atoms with Crippen LogP contribution in [0.1, 0.15) is 6.92 Å². The molecule has 0 heterocycles. The third kappa shape index (κ3) is 2.84. The highest BCUT2D eigenvalue weighted by atomic mass is 32.2. The number of hydrogen-bond donors (Lipinski definition) is 1. The van der Waals surface area contributed by atoms with Gasteiger partial charge in [-0.2, -0.15) is 13.2 Å². The summed E-state index contributed by atoms with van der Waals surface area (Å²) >= 11 is 0. The van der Waals surface area contributed by atoms with Crippen LogP contribution >= 0.6 is 0 Å². The Kier molecular flexibility index (Phi) is 3.28. The van der Waals surface area contributed by atoms with Gasteiger partial charge in [-0.15, -0.1) is 4.41 Å². The molecule has 0 radical (unpaired) electrons. The van der Waals surface area contributed by atoms with Crippen molar-refractivity contribution in [2.24, 2.45) is 0 Å². The minimum absolute atomic E-state index is 0.282. The molecule has 0 atom stereocenters. The average molecular weight is 220 g/mol. The van der Waals surface area contributed by atoms with Crippen LogP contribution in [0.25, 0.3) is 0 Å². The summed E-state index contributed by atoms with van der Waals surface area (Å²) in [6.07, 6.45) is 0. The molecule has 0 saturated heterocycles. The van der Waals surface area contributed by atoms with E-state index in [2.05, 4.69) is 0 Å². The van der Waals surface area contributed by atoms with E-state index in [1.807, 2.05) is 0 Å². The zero-order valence-corrected chi connectivity index (χ0v) is 7.53. The maximum atomic E-state index is 11.8. The Balaban J connectivity index is 4.77. The number of hydrogen-bond acceptors (Lipinski definition) is 3. The lowest BCUT2D eigenvalue weighted by atomic mass is 10.8. The molecule has 0 bridgehead atoms. The largest absolute Gasteiger partial charge is 0.513 e. The Bertz CT molecular complexity index is 296. The number of hydrazine groups is 1. The monoisotopic (exact) mass is 220 g/mol. The normalized spacial score (nSPS) is 13.1. The molecular weight excluding hydrogens is 213 g/mol. The fraction of sp³-hybridized carbons (Fsp3) is 0.750. The van der Waals surface area contributed by atoms with Crippen molar-refractivity contribution in [1.29, 1.82) is 0 Å². The lowest BCUT2D eigenvalue weighted by Crippen LogP contribution is -2.47. The molecule has 0 spiro atoms. The lowest BCUT2D eigenvalue weighted by Gasteiger charge is -2.18. The minimum Gasteiger partial charge on any atom is -0.276 e. The standard InChI is InChI=1S/C4H7F3N2O3S/c1-3(10)8-9(2)13(11,12)4(5,6)7/h1-2H3,(H,8,10). The number of alkyl halides is 3. The zero-order chi connectivity index (χ0) is 10.9. The molecule has 0 unspecified atom stereocenters. The van der Waals surface area contributed by atoms with Gasteiger partial charge in [-0.25, -0.2) is 8.42 Å². The van der Waals surface area contributed by atoms with Crippen LogP contribution in [0, 0.1) is 0 Å². The predicted octanol–water partition coefficient (Wildman–Crippen LogP) is -0.181.